The van der Waals surface area contributed by atoms with Crippen LogP contribution >= 0.6 is 0 Å². The van der Waals surface area contributed by atoms with E-state index >= 15 is 0 Å². The maximum absolute atomic E-state index is 2.30. The second-order valence-corrected chi connectivity index (χ2v) is 3.47. The quantitative estimate of drug-likeness (QED) is 0.554. The van der Waals surface area contributed by atoms with Crippen LogP contribution in [0.5, 0.6) is 0 Å². The summed E-state index contributed by atoms with van der Waals surface area (Å²) < 4.78 is 0. The third kappa shape index (κ3) is 0.919. The van der Waals surface area contributed by atoms with Crippen molar-refractivity contribution in [3.05, 3.63) is 59.2 Å². The molecule has 0 heteroatoms. The van der Waals surface area contributed by atoms with Gasteiger partial charge >= 0.3 is 1.43 Å². The molecule has 1 aromatic rings. The number of allylic oxidation sites excluding steroid dienone is 5. The molecule has 0 spiro atoms. The first-order chi connectivity index (χ1) is 6.45. The number of benzene rings is 1. The summed E-state index contributed by atoms with van der Waals surface area (Å²) in [6, 6.07) is 8.58. The minimum absolute atomic E-state index is 0. The SMILES string of the molecule is C1=CCC2=Cc3ccccc3C2=C1.[H+]. The molecular weight excluding hydrogens is 156 g/mol. The van der Waals surface area contributed by atoms with Crippen LogP contribution in [0.25, 0.3) is 11.6 Å². The first-order valence-electron chi connectivity index (χ1n) is 4.62. The molecule has 62 valence electrons. The minimum Gasteiger partial charge on any atom is -0.0801 e. The summed E-state index contributed by atoms with van der Waals surface area (Å²) in [5, 5.41) is 0. The van der Waals surface area contributed by atoms with Crippen molar-refractivity contribution in [1.29, 1.82) is 0 Å². The molecule has 0 aromatic heterocycles. The molecule has 3 rings (SSSR count). The van der Waals surface area contributed by atoms with Gasteiger partial charge in [-0.3, -0.25) is 0 Å². The van der Waals surface area contributed by atoms with Crippen molar-refractivity contribution in [2.75, 3.05) is 0 Å². The zero-order chi connectivity index (χ0) is 8.67. The monoisotopic (exact) mass is 167 g/mol. The molecule has 2 aliphatic rings. The molecule has 0 amide bonds. The zero-order valence-corrected chi connectivity index (χ0v) is 7.33. The minimum atomic E-state index is 0. The number of hydrogen-bond acceptors (Lipinski definition) is 0. The molecule has 0 atom stereocenters. The fourth-order valence-electron chi connectivity index (χ4n) is 2.03. The topological polar surface area (TPSA) is 0 Å². The fourth-order valence-corrected chi connectivity index (χ4v) is 2.03. The van der Waals surface area contributed by atoms with Crippen LogP contribution in [0.15, 0.2) is 48.1 Å². The Morgan fingerprint density at radius 2 is 2.08 bits per heavy atom. The number of fused-ring (bicyclic) bond motifs is 3. The summed E-state index contributed by atoms with van der Waals surface area (Å²) in [6.45, 7) is 0. The second kappa shape index (κ2) is 2.46. The van der Waals surface area contributed by atoms with Crippen LogP contribution in [-0.4, -0.2) is 0 Å². The van der Waals surface area contributed by atoms with Gasteiger partial charge in [-0.25, -0.2) is 0 Å². The van der Waals surface area contributed by atoms with E-state index in [1.165, 1.54) is 22.3 Å². The van der Waals surface area contributed by atoms with Gasteiger partial charge in [-0.1, -0.05) is 48.6 Å². The average Bonchev–Trinajstić information content (AvgIpc) is 2.56. The van der Waals surface area contributed by atoms with E-state index in [4.69, 9.17) is 0 Å². The Kier molecular flexibility index (Phi) is 1.31. The van der Waals surface area contributed by atoms with Crippen molar-refractivity contribution in [3.63, 3.8) is 0 Å². The number of hydrogen-bond donors (Lipinski definition) is 0. The largest absolute Gasteiger partial charge is 1.00 e. The van der Waals surface area contributed by atoms with Gasteiger partial charge in [0.15, 0.2) is 0 Å². The molecule has 0 aliphatic heterocycles. The van der Waals surface area contributed by atoms with E-state index in [1.54, 1.807) is 0 Å². The van der Waals surface area contributed by atoms with E-state index in [9.17, 15) is 0 Å². The lowest BCUT2D eigenvalue weighted by Crippen LogP contribution is -1.86. The Labute approximate surface area is 79.4 Å². The molecule has 0 fully saturated rings. The molecule has 2 aliphatic carbocycles. The van der Waals surface area contributed by atoms with Crippen LogP contribution in [0.4, 0.5) is 0 Å². The third-order valence-corrected chi connectivity index (χ3v) is 2.66. The standard InChI is InChI=1S/C13H10/c1-3-7-12-10(5-1)9-11-6-2-4-8-13(11)12/h1-5,7-9H,6H2/p+1. The van der Waals surface area contributed by atoms with Crippen molar-refractivity contribution < 1.29 is 1.43 Å². The van der Waals surface area contributed by atoms with E-state index in [0.717, 1.165) is 6.42 Å². The van der Waals surface area contributed by atoms with Crippen LogP contribution in [0.1, 0.15) is 19.0 Å². The van der Waals surface area contributed by atoms with E-state index in [1.807, 2.05) is 0 Å². The summed E-state index contributed by atoms with van der Waals surface area (Å²) in [7, 11) is 0. The maximum atomic E-state index is 2.30. The Hall–Kier alpha value is -1.56. The van der Waals surface area contributed by atoms with Gasteiger partial charge in [-0.15, -0.1) is 0 Å². The van der Waals surface area contributed by atoms with Gasteiger partial charge in [-0.05, 0) is 28.7 Å². The molecule has 0 saturated carbocycles. The average molecular weight is 167 g/mol. The second-order valence-electron chi connectivity index (χ2n) is 3.47. The molecule has 1 aromatic carbocycles. The predicted octanol–water partition coefficient (Wildman–Crippen LogP) is 3.54. The highest BCUT2D eigenvalue weighted by Crippen LogP contribution is 2.38. The Morgan fingerprint density at radius 1 is 1.15 bits per heavy atom. The Balaban J connectivity index is 0.000000750. The molecule has 0 nitrogen and oxygen atoms in total. The predicted molar refractivity (Wildman–Crippen MR) is 57.3 cm³/mol. The van der Waals surface area contributed by atoms with Crippen LogP contribution in [-0.2, 0) is 0 Å². The number of rotatable bonds is 0. The molecule has 13 heavy (non-hydrogen) atoms. The van der Waals surface area contributed by atoms with Crippen LogP contribution in [0.2, 0.25) is 0 Å². The Bertz CT molecular complexity index is 450. The van der Waals surface area contributed by atoms with Gasteiger partial charge in [0.2, 0.25) is 0 Å². The van der Waals surface area contributed by atoms with E-state index in [2.05, 4.69) is 48.6 Å². The summed E-state index contributed by atoms with van der Waals surface area (Å²) in [4.78, 5) is 0. The molecule has 0 radical (unpaired) electrons. The lowest BCUT2D eigenvalue weighted by atomic mass is 9.97. The van der Waals surface area contributed by atoms with E-state index in [0.29, 0.717) is 0 Å². The smallest absolute Gasteiger partial charge is 0.0801 e. The fraction of sp³-hybridized carbons (Fsp3) is 0.0769. The molecule has 0 heterocycles. The van der Waals surface area contributed by atoms with E-state index in [-0.39, 0.29) is 1.43 Å². The highest BCUT2D eigenvalue weighted by atomic mass is 14.2. The van der Waals surface area contributed by atoms with Gasteiger partial charge < -0.3 is 0 Å². The lowest BCUT2D eigenvalue weighted by molar-refractivity contribution is 1.31. The molecular formula is C13H11+. The van der Waals surface area contributed by atoms with Crippen molar-refractivity contribution >= 4 is 11.6 Å². The van der Waals surface area contributed by atoms with Gasteiger partial charge in [0.05, 0.1) is 0 Å². The van der Waals surface area contributed by atoms with Crippen molar-refractivity contribution in [1.82, 2.24) is 0 Å². The molecule has 0 N–H and O–H groups in total. The lowest BCUT2D eigenvalue weighted by Gasteiger charge is -2.07. The Morgan fingerprint density at radius 3 is 3.08 bits per heavy atom. The normalized spacial score (nSPS) is 17.5. The molecule has 0 bridgehead atoms. The summed E-state index contributed by atoms with van der Waals surface area (Å²) in [5.41, 5.74) is 5.64. The van der Waals surface area contributed by atoms with Crippen LogP contribution in [0.3, 0.4) is 0 Å². The third-order valence-electron chi connectivity index (χ3n) is 2.66. The van der Waals surface area contributed by atoms with Crippen molar-refractivity contribution in [2.24, 2.45) is 0 Å². The highest BCUT2D eigenvalue weighted by Gasteiger charge is 2.17. The highest BCUT2D eigenvalue weighted by molar-refractivity contribution is 5.95. The molecule has 0 unspecified atom stereocenters. The van der Waals surface area contributed by atoms with Gasteiger partial charge in [0, 0.05) is 0 Å². The summed E-state index contributed by atoms with van der Waals surface area (Å²) in [5.74, 6) is 0. The van der Waals surface area contributed by atoms with Crippen LogP contribution in [0, 0.1) is 0 Å². The van der Waals surface area contributed by atoms with Gasteiger partial charge in [-0.2, -0.15) is 0 Å². The summed E-state index contributed by atoms with van der Waals surface area (Å²) in [6.07, 6.45) is 9.95. The zero-order valence-electron chi connectivity index (χ0n) is 8.33. The van der Waals surface area contributed by atoms with Gasteiger partial charge in [0.25, 0.3) is 0 Å². The van der Waals surface area contributed by atoms with Crippen LogP contribution < -0.4 is 0 Å². The van der Waals surface area contributed by atoms with Crippen molar-refractivity contribution in [2.45, 2.75) is 6.42 Å². The molecule has 0 saturated heterocycles. The summed E-state index contributed by atoms with van der Waals surface area (Å²) >= 11 is 0. The first-order valence-corrected chi connectivity index (χ1v) is 4.62. The van der Waals surface area contributed by atoms with Gasteiger partial charge in [0.1, 0.15) is 0 Å². The van der Waals surface area contributed by atoms with Crippen molar-refractivity contribution in [3.8, 4) is 0 Å². The first kappa shape index (κ1) is 6.90. The van der Waals surface area contributed by atoms with E-state index < -0.39 is 0 Å². The maximum Gasteiger partial charge on any atom is 1.00 e.